The predicted molar refractivity (Wildman–Crippen MR) is 74.7 cm³/mol. The predicted octanol–water partition coefficient (Wildman–Crippen LogP) is 1.45. The number of anilines is 1. The smallest absolute Gasteiger partial charge is 0.299 e. The Morgan fingerprint density at radius 1 is 1.11 bits per heavy atom. The second kappa shape index (κ2) is 7.35. The van der Waals surface area contributed by atoms with Gasteiger partial charge in [0, 0.05) is 18.8 Å². The van der Waals surface area contributed by atoms with Gasteiger partial charge in [-0.15, -0.1) is 0 Å². The van der Waals surface area contributed by atoms with Crippen LogP contribution in [0.5, 0.6) is 0 Å². The van der Waals surface area contributed by atoms with E-state index in [9.17, 15) is 8.42 Å². The van der Waals surface area contributed by atoms with Crippen molar-refractivity contribution in [3.8, 4) is 0 Å². The van der Waals surface area contributed by atoms with Crippen molar-refractivity contribution in [2.24, 2.45) is 0 Å². The molecule has 0 saturated heterocycles. The van der Waals surface area contributed by atoms with Gasteiger partial charge in [-0.25, -0.2) is 0 Å². The van der Waals surface area contributed by atoms with Crippen LogP contribution in [0.1, 0.15) is 25.8 Å². The summed E-state index contributed by atoms with van der Waals surface area (Å²) in [4.78, 5) is 0. The number of hydrogen-bond donors (Lipinski definition) is 3. The Bertz CT molecular complexity index is 443. The minimum Gasteiger partial charge on any atom is -0.313 e. The standard InChI is InChI=1S/C12H21N3O2S/c1-3-9-14-18(16,17)15-12-7-5-11(6-8-12)10-13-4-2/h5-8,13-15H,3-4,9-10H2,1-2H3. The van der Waals surface area contributed by atoms with E-state index in [2.05, 4.69) is 14.8 Å². The quantitative estimate of drug-likeness (QED) is 0.670. The van der Waals surface area contributed by atoms with Gasteiger partial charge in [-0.3, -0.25) is 4.72 Å². The first-order chi connectivity index (χ1) is 8.57. The van der Waals surface area contributed by atoms with Crippen molar-refractivity contribution >= 4 is 15.9 Å². The molecule has 0 radical (unpaired) electrons. The maximum Gasteiger partial charge on any atom is 0.299 e. The second-order valence-electron chi connectivity index (χ2n) is 3.98. The van der Waals surface area contributed by atoms with Gasteiger partial charge >= 0.3 is 0 Å². The highest BCUT2D eigenvalue weighted by atomic mass is 32.2. The lowest BCUT2D eigenvalue weighted by atomic mass is 10.2. The summed E-state index contributed by atoms with van der Waals surface area (Å²) in [6.07, 6.45) is 0.766. The lowest BCUT2D eigenvalue weighted by Gasteiger charge is -2.09. The summed E-state index contributed by atoms with van der Waals surface area (Å²) in [5, 5.41) is 3.21. The lowest BCUT2D eigenvalue weighted by molar-refractivity contribution is 0.586. The molecule has 0 aromatic heterocycles. The molecular formula is C12H21N3O2S. The van der Waals surface area contributed by atoms with E-state index in [-0.39, 0.29) is 0 Å². The van der Waals surface area contributed by atoms with E-state index in [1.807, 2.05) is 26.0 Å². The van der Waals surface area contributed by atoms with Gasteiger partial charge in [0.25, 0.3) is 10.2 Å². The van der Waals surface area contributed by atoms with Gasteiger partial charge in [-0.1, -0.05) is 26.0 Å². The maximum absolute atomic E-state index is 11.6. The molecular weight excluding hydrogens is 250 g/mol. The summed E-state index contributed by atoms with van der Waals surface area (Å²) >= 11 is 0. The molecule has 1 rings (SSSR count). The van der Waals surface area contributed by atoms with Gasteiger partial charge in [-0.2, -0.15) is 13.1 Å². The van der Waals surface area contributed by atoms with Gasteiger partial charge in [0.1, 0.15) is 0 Å². The van der Waals surface area contributed by atoms with E-state index < -0.39 is 10.2 Å². The Balaban J connectivity index is 2.57. The van der Waals surface area contributed by atoms with Gasteiger partial charge in [0.15, 0.2) is 0 Å². The zero-order valence-corrected chi connectivity index (χ0v) is 11.7. The molecule has 0 atom stereocenters. The van der Waals surface area contributed by atoms with E-state index in [1.54, 1.807) is 12.1 Å². The van der Waals surface area contributed by atoms with Crippen molar-refractivity contribution in [2.45, 2.75) is 26.8 Å². The van der Waals surface area contributed by atoms with Crippen LogP contribution in [0.3, 0.4) is 0 Å². The number of rotatable bonds is 8. The van der Waals surface area contributed by atoms with Crippen LogP contribution in [-0.4, -0.2) is 21.5 Å². The molecule has 0 saturated carbocycles. The van der Waals surface area contributed by atoms with Crippen LogP contribution in [0.4, 0.5) is 5.69 Å². The first-order valence-electron chi connectivity index (χ1n) is 6.14. The largest absolute Gasteiger partial charge is 0.313 e. The molecule has 5 nitrogen and oxygen atoms in total. The Hall–Kier alpha value is -1.11. The summed E-state index contributed by atoms with van der Waals surface area (Å²) in [6, 6.07) is 7.33. The molecule has 0 unspecified atom stereocenters. The summed E-state index contributed by atoms with van der Waals surface area (Å²) in [6.45, 7) is 6.10. The molecule has 0 aliphatic heterocycles. The summed E-state index contributed by atoms with van der Waals surface area (Å²) < 4.78 is 28.1. The molecule has 0 aliphatic carbocycles. The van der Waals surface area contributed by atoms with Gasteiger partial charge < -0.3 is 5.32 Å². The Morgan fingerprint density at radius 2 is 1.78 bits per heavy atom. The SMILES string of the molecule is CCCNS(=O)(=O)Nc1ccc(CNCC)cc1. The minimum atomic E-state index is -3.44. The fraction of sp³-hybridized carbons (Fsp3) is 0.500. The van der Waals surface area contributed by atoms with E-state index in [0.717, 1.165) is 25.1 Å². The van der Waals surface area contributed by atoms with Crippen LogP contribution in [0.25, 0.3) is 0 Å². The summed E-state index contributed by atoms with van der Waals surface area (Å²) in [5.41, 5.74) is 1.69. The average Bonchev–Trinajstić information content (AvgIpc) is 2.35. The fourth-order valence-electron chi connectivity index (χ4n) is 1.39. The van der Waals surface area contributed by atoms with Gasteiger partial charge in [0.2, 0.25) is 0 Å². The molecule has 102 valence electrons. The van der Waals surface area contributed by atoms with E-state index in [0.29, 0.717) is 12.2 Å². The Kier molecular flexibility index (Phi) is 6.11. The first kappa shape index (κ1) is 14.9. The summed E-state index contributed by atoms with van der Waals surface area (Å²) in [7, 11) is -3.44. The molecule has 0 heterocycles. The molecule has 0 spiro atoms. The molecule has 0 fully saturated rings. The third-order valence-electron chi connectivity index (χ3n) is 2.33. The minimum absolute atomic E-state index is 0.438. The van der Waals surface area contributed by atoms with Crippen LogP contribution in [-0.2, 0) is 16.8 Å². The molecule has 1 aromatic carbocycles. The third kappa shape index (κ3) is 5.48. The highest BCUT2D eigenvalue weighted by Gasteiger charge is 2.07. The number of benzene rings is 1. The van der Waals surface area contributed by atoms with E-state index in [1.165, 1.54) is 0 Å². The van der Waals surface area contributed by atoms with Crippen LogP contribution in [0, 0.1) is 0 Å². The topological polar surface area (TPSA) is 70.2 Å². The van der Waals surface area contributed by atoms with Crippen LogP contribution in [0.2, 0.25) is 0 Å². The third-order valence-corrected chi connectivity index (χ3v) is 3.42. The van der Waals surface area contributed by atoms with Crippen molar-refractivity contribution in [3.63, 3.8) is 0 Å². The average molecular weight is 271 g/mol. The zero-order chi connectivity index (χ0) is 13.4. The number of nitrogens with one attached hydrogen (secondary N) is 3. The molecule has 0 bridgehead atoms. The molecule has 18 heavy (non-hydrogen) atoms. The van der Waals surface area contributed by atoms with Crippen LogP contribution >= 0.6 is 0 Å². The molecule has 0 aliphatic rings. The number of hydrogen-bond acceptors (Lipinski definition) is 3. The highest BCUT2D eigenvalue weighted by molar-refractivity contribution is 7.90. The molecule has 6 heteroatoms. The van der Waals surface area contributed by atoms with Crippen LogP contribution < -0.4 is 14.8 Å². The molecule has 0 amide bonds. The maximum atomic E-state index is 11.6. The second-order valence-corrected chi connectivity index (χ2v) is 5.48. The Morgan fingerprint density at radius 3 is 2.33 bits per heavy atom. The monoisotopic (exact) mass is 271 g/mol. The highest BCUT2D eigenvalue weighted by Crippen LogP contribution is 2.10. The van der Waals surface area contributed by atoms with Crippen molar-refractivity contribution in [1.82, 2.24) is 10.0 Å². The van der Waals surface area contributed by atoms with E-state index >= 15 is 0 Å². The summed E-state index contributed by atoms with van der Waals surface area (Å²) in [5.74, 6) is 0. The Labute approximate surface area is 109 Å². The van der Waals surface area contributed by atoms with Crippen LogP contribution in [0.15, 0.2) is 24.3 Å². The zero-order valence-electron chi connectivity index (χ0n) is 10.9. The molecule has 1 aromatic rings. The van der Waals surface area contributed by atoms with E-state index in [4.69, 9.17) is 0 Å². The van der Waals surface area contributed by atoms with Crippen molar-refractivity contribution in [1.29, 1.82) is 0 Å². The van der Waals surface area contributed by atoms with Gasteiger partial charge in [-0.05, 0) is 30.7 Å². The van der Waals surface area contributed by atoms with Crippen molar-refractivity contribution in [2.75, 3.05) is 17.8 Å². The normalized spacial score (nSPS) is 11.4. The van der Waals surface area contributed by atoms with Crippen molar-refractivity contribution in [3.05, 3.63) is 29.8 Å². The molecule has 3 N–H and O–H groups in total. The fourth-order valence-corrected chi connectivity index (χ4v) is 2.38. The van der Waals surface area contributed by atoms with Gasteiger partial charge in [0.05, 0.1) is 0 Å². The van der Waals surface area contributed by atoms with Crippen molar-refractivity contribution < 1.29 is 8.42 Å². The first-order valence-corrected chi connectivity index (χ1v) is 7.62. The lowest BCUT2D eigenvalue weighted by Crippen LogP contribution is -2.30.